The van der Waals surface area contributed by atoms with Gasteiger partial charge in [0.15, 0.2) is 0 Å². The minimum Gasteiger partial charge on any atom is -0.313 e. The van der Waals surface area contributed by atoms with E-state index in [1.807, 2.05) is 26.0 Å². The highest BCUT2D eigenvalue weighted by Crippen LogP contribution is 1.99. The van der Waals surface area contributed by atoms with E-state index in [1.54, 1.807) is 12.4 Å². The standard InChI is InChI=1S/C12H21N3O2S/c1-11(2)14-8-9-15-18(16,17)10-5-12-3-6-13-7-4-12/h3-4,6-7,11,14-15H,5,8-10H2,1-2H3. The molecule has 0 aromatic carbocycles. The average molecular weight is 271 g/mol. The third-order valence-electron chi connectivity index (χ3n) is 2.41. The van der Waals surface area contributed by atoms with E-state index in [0.29, 0.717) is 25.6 Å². The lowest BCUT2D eigenvalue weighted by Crippen LogP contribution is -2.36. The highest BCUT2D eigenvalue weighted by atomic mass is 32.2. The highest BCUT2D eigenvalue weighted by Gasteiger charge is 2.09. The van der Waals surface area contributed by atoms with E-state index in [0.717, 1.165) is 5.56 Å². The molecule has 0 bridgehead atoms. The molecule has 0 radical (unpaired) electrons. The van der Waals surface area contributed by atoms with Crippen molar-refractivity contribution in [3.05, 3.63) is 30.1 Å². The first-order chi connectivity index (χ1) is 8.49. The molecule has 18 heavy (non-hydrogen) atoms. The number of aromatic nitrogens is 1. The van der Waals surface area contributed by atoms with Crippen LogP contribution in [0.2, 0.25) is 0 Å². The second-order valence-electron chi connectivity index (χ2n) is 4.43. The maximum atomic E-state index is 11.7. The Bertz CT molecular complexity index is 432. The maximum absolute atomic E-state index is 11.7. The van der Waals surface area contributed by atoms with Gasteiger partial charge in [0.2, 0.25) is 10.0 Å². The predicted octanol–water partition coefficient (Wildman–Crippen LogP) is 0.542. The zero-order valence-corrected chi connectivity index (χ0v) is 11.7. The summed E-state index contributed by atoms with van der Waals surface area (Å²) in [7, 11) is -3.19. The monoisotopic (exact) mass is 271 g/mol. The van der Waals surface area contributed by atoms with E-state index in [4.69, 9.17) is 0 Å². The number of nitrogens with zero attached hydrogens (tertiary/aromatic N) is 1. The van der Waals surface area contributed by atoms with Gasteiger partial charge in [-0.25, -0.2) is 13.1 Å². The number of sulfonamides is 1. The van der Waals surface area contributed by atoms with E-state index < -0.39 is 10.0 Å². The lowest BCUT2D eigenvalue weighted by molar-refractivity contribution is 0.559. The summed E-state index contributed by atoms with van der Waals surface area (Å²) in [5.74, 6) is 0.110. The number of pyridine rings is 1. The lowest BCUT2D eigenvalue weighted by Gasteiger charge is -2.09. The number of rotatable bonds is 8. The van der Waals surface area contributed by atoms with E-state index >= 15 is 0 Å². The van der Waals surface area contributed by atoms with Crippen LogP contribution in [-0.4, -0.2) is 38.3 Å². The van der Waals surface area contributed by atoms with Crippen molar-refractivity contribution in [3.8, 4) is 0 Å². The zero-order chi connectivity index (χ0) is 13.4. The van der Waals surface area contributed by atoms with Crippen LogP contribution < -0.4 is 10.0 Å². The molecule has 0 unspecified atom stereocenters. The Labute approximate surface area is 109 Å². The highest BCUT2D eigenvalue weighted by molar-refractivity contribution is 7.89. The van der Waals surface area contributed by atoms with Gasteiger partial charge in [-0.05, 0) is 24.1 Å². The smallest absolute Gasteiger partial charge is 0.211 e. The molecule has 102 valence electrons. The molecule has 1 aromatic rings. The van der Waals surface area contributed by atoms with Crippen LogP contribution in [0.15, 0.2) is 24.5 Å². The Hall–Kier alpha value is -0.980. The van der Waals surface area contributed by atoms with Crippen molar-refractivity contribution in [1.82, 2.24) is 15.0 Å². The van der Waals surface area contributed by atoms with Crippen molar-refractivity contribution in [3.63, 3.8) is 0 Å². The minimum absolute atomic E-state index is 0.110. The minimum atomic E-state index is -3.19. The molecule has 0 fully saturated rings. The molecule has 1 rings (SSSR count). The van der Waals surface area contributed by atoms with Gasteiger partial charge in [0.1, 0.15) is 0 Å². The first kappa shape index (κ1) is 15.1. The van der Waals surface area contributed by atoms with Crippen molar-refractivity contribution >= 4 is 10.0 Å². The molecule has 6 heteroatoms. The quantitative estimate of drug-likeness (QED) is 0.677. The molecule has 0 atom stereocenters. The van der Waals surface area contributed by atoms with Crippen molar-refractivity contribution in [1.29, 1.82) is 0 Å². The van der Waals surface area contributed by atoms with Gasteiger partial charge in [0.25, 0.3) is 0 Å². The Kier molecular flexibility index (Phi) is 6.24. The van der Waals surface area contributed by atoms with E-state index in [-0.39, 0.29) is 5.75 Å². The lowest BCUT2D eigenvalue weighted by atomic mass is 10.2. The van der Waals surface area contributed by atoms with Gasteiger partial charge in [0, 0.05) is 31.5 Å². The molecular weight excluding hydrogens is 250 g/mol. The second-order valence-corrected chi connectivity index (χ2v) is 6.35. The van der Waals surface area contributed by atoms with E-state index in [9.17, 15) is 8.42 Å². The Morgan fingerprint density at radius 1 is 1.22 bits per heavy atom. The molecule has 2 N–H and O–H groups in total. The molecule has 1 aromatic heterocycles. The second kappa shape index (κ2) is 7.45. The third-order valence-corrected chi connectivity index (χ3v) is 3.79. The number of hydrogen-bond acceptors (Lipinski definition) is 4. The van der Waals surface area contributed by atoms with Crippen LogP contribution >= 0.6 is 0 Å². The molecule has 5 nitrogen and oxygen atoms in total. The first-order valence-corrected chi connectivity index (χ1v) is 7.74. The Balaban J connectivity index is 2.28. The zero-order valence-electron chi connectivity index (χ0n) is 10.9. The van der Waals surface area contributed by atoms with E-state index in [2.05, 4.69) is 15.0 Å². The predicted molar refractivity (Wildman–Crippen MR) is 72.9 cm³/mol. The summed E-state index contributed by atoms with van der Waals surface area (Å²) in [5.41, 5.74) is 0.982. The third kappa shape index (κ3) is 6.68. The Morgan fingerprint density at radius 2 is 1.89 bits per heavy atom. The molecule has 1 heterocycles. The van der Waals surface area contributed by atoms with Crippen LogP contribution in [0.5, 0.6) is 0 Å². The molecule has 0 aliphatic rings. The topological polar surface area (TPSA) is 71.1 Å². The largest absolute Gasteiger partial charge is 0.313 e. The van der Waals surface area contributed by atoms with Crippen molar-refractivity contribution in [2.45, 2.75) is 26.3 Å². The molecule has 0 amide bonds. The van der Waals surface area contributed by atoms with Crippen molar-refractivity contribution in [2.75, 3.05) is 18.8 Å². The molecule has 0 spiro atoms. The van der Waals surface area contributed by atoms with Crippen LogP contribution in [0, 0.1) is 0 Å². The summed E-state index contributed by atoms with van der Waals surface area (Å²) in [6.45, 7) is 5.12. The van der Waals surface area contributed by atoms with Crippen molar-refractivity contribution in [2.24, 2.45) is 0 Å². The number of hydrogen-bond donors (Lipinski definition) is 2. The van der Waals surface area contributed by atoms with Gasteiger partial charge < -0.3 is 5.32 Å². The SMILES string of the molecule is CC(C)NCCNS(=O)(=O)CCc1ccncc1. The summed E-state index contributed by atoms with van der Waals surface area (Å²) in [6, 6.07) is 4.03. The van der Waals surface area contributed by atoms with Crippen LogP contribution in [0.25, 0.3) is 0 Å². The number of nitrogens with one attached hydrogen (secondary N) is 2. The van der Waals surface area contributed by atoms with Crippen LogP contribution in [0.3, 0.4) is 0 Å². The van der Waals surface area contributed by atoms with Gasteiger partial charge >= 0.3 is 0 Å². The first-order valence-electron chi connectivity index (χ1n) is 6.09. The molecule has 0 saturated carbocycles. The normalized spacial score (nSPS) is 11.9. The summed E-state index contributed by atoms with van der Waals surface area (Å²) < 4.78 is 26.0. The fourth-order valence-electron chi connectivity index (χ4n) is 1.44. The summed E-state index contributed by atoms with van der Waals surface area (Å²) >= 11 is 0. The fraction of sp³-hybridized carbons (Fsp3) is 0.583. The van der Waals surface area contributed by atoms with Gasteiger partial charge in [0.05, 0.1) is 5.75 Å². The molecule has 0 aliphatic heterocycles. The summed E-state index contributed by atoms with van der Waals surface area (Å²) in [5, 5.41) is 3.16. The molecule has 0 aliphatic carbocycles. The van der Waals surface area contributed by atoms with Crippen LogP contribution in [0.4, 0.5) is 0 Å². The van der Waals surface area contributed by atoms with Crippen LogP contribution in [-0.2, 0) is 16.4 Å². The summed E-state index contributed by atoms with van der Waals surface area (Å²) in [6.07, 6.45) is 3.85. The van der Waals surface area contributed by atoms with E-state index in [1.165, 1.54) is 0 Å². The summed E-state index contributed by atoms with van der Waals surface area (Å²) in [4.78, 5) is 3.89. The maximum Gasteiger partial charge on any atom is 0.211 e. The average Bonchev–Trinajstić information content (AvgIpc) is 2.34. The van der Waals surface area contributed by atoms with Gasteiger partial charge in [-0.3, -0.25) is 4.98 Å². The van der Waals surface area contributed by atoms with Crippen LogP contribution in [0.1, 0.15) is 19.4 Å². The van der Waals surface area contributed by atoms with Crippen molar-refractivity contribution < 1.29 is 8.42 Å². The van der Waals surface area contributed by atoms with Gasteiger partial charge in [-0.2, -0.15) is 0 Å². The molecule has 0 saturated heterocycles. The van der Waals surface area contributed by atoms with Gasteiger partial charge in [-0.1, -0.05) is 13.8 Å². The fourth-order valence-corrected chi connectivity index (χ4v) is 2.50. The molecular formula is C12H21N3O2S. The Morgan fingerprint density at radius 3 is 2.50 bits per heavy atom. The number of aryl methyl sites for hydroxylation is 1. The van der Waals surface area contributed by atoms with Gasteiger partial charge in [-0.15, -0.1) is 0 Å².